The maximum atomic E-state index is 9.13. The molecule has 0 aromatic heterocycles. The molecule has 0 amide bonds. The SMILES string of the molecule is CC(CO)CN1CCN(C)c2ccccc21. The van der Waals surface area contributed by atoms with Crippen molar-refractivity contribution in [3.05, 3.63) is 24.3 Å². The lowest BCUT2D eigenvalue weighted by molar-refractivity contribution is 0.239. The van der Waals surface area contributed by atoms with Gasteiger partial charge < -0.3 is 14.9 Å². The van der Waals surface area contributed by atoms with Crippen LogP contribution in [0, 0.1) is 5.92 Å². The Morgan fingerprint density at radius 2 is 1.94 bits per heavy atom. The van der Waals surface area contributed by atoms with Crippen molar-refractivity contribution in [2.75, 3.05) is 43.1 Å². The zero-order chi connectivity index (χ0) is 11.5. The van der Waals surface area contributed by atoms with Gasteiger partial charge in [0.15, 0.2) is 0 Å². The van der Waals surface area contributed by atoms with Crippen LogP contribution in [0.5, 0.6) is 0 Å². The van der Waals surface area contributed by atoms with E-state index in [-0.39, 0.29) is 6.61 Å². The zero-order valence-electron chi connectivity index (χ0n) is 10.1. The van der Waals surface area contributed by atoms with E-state index in [0.717, 1.165) is 19.6 Å². The Morgan fingerprint density at radius 1 is 1.25 bits per heavy atom. The first-order valence-electron chi connectivity index (χ1n) is 5.88. The van der Waals surface area contributed by atoms with Crippen LogP contribution in [0.25, 0.3) is 0 Å². The van der Waals surface area contributed by atoms with Crippen LogP contribution in [0.4, 0.5) is 11.4 Å². The topological polar surface area (TPSA) is 26.7 Å². The molecule has 0 aliphatic carbocycles. The van der Waals surface area contributed by atoms with E-state index in [2.05, 4.69) is 48.0 Å². The van der Waals surface area contributed by atoms with Gasteiger partial charge in [0.05, 0.1) is 11.4 Å². The van der Waals surface area contributed by atoms with Gasteiger partial charge in [-0.3, -0.25) is 0 Å². The second-order valence-corrected chi connectivity index (χ2v) is 4.64. The smallest absolute Gasteiger partial charge is 0.0604 e. The molecule has 0 fully saturated rings. The van der Waals surface area contributed by atoms with Gasteiger partial charge in [0.2, 0.25) is 0 Å². The summed E-state index contributed by atoms with van der Waals surface area (Å²) in [6.45, 7) is 5.36. The van der Waals surface area contributed by atoms with E-state index < -0.39 is 0 Å². The maximum absolute atomic E-state index is 9.13. The lowest BCUT2D eigenvalue weighted by Gasteiger charge is -2.38. The molecule has 88 valence electrons. The van der Waals surface area contributed by atoms with Crippen molar-refractivity contribution < 1.29 is 5.11 Å². The van der Waals surface area contributed by atoms with Crippen molar-refractivity contribution in [2.45, 2.75) is 6.92 Å². The van der Waals surface area contributed by atoms with Crippen LogP contribution in [0.1, 0.15) is 6.92 Å². The highest BCUT2D eigenvalue weighted by molar-refractivity contribution is 5.73. The molecule has 1 heterocycles. The Bertz CT molecular complexity index is 354. The van der Waals surface area contributed by atoms with Crippen molar-refractivity contribution >= 4 is 11.4 Å². The summed E-state index contributed by atoms with van der Waals surface area (Å²) in [5.41, 5.74) is 2.58. The van der Waals surface area contributed by atoms with Gasteiger partial charge in [-0.1, -0.05) is 19.1 Å². The lowest BCUT2D eigenvalue weighted by Crippen LogP contribution is -2.41. The van der Waals surface area contributed by atoms with Crippen molar-refractivity contribution in [1.82, 2.24) is 0 Å². The fourth-order valence-electron chi connectivity index (χ4n) is 2.19. The zero-order valence-corrected chi connectivity index (χ0v) is 10.1. The number of anilines is 2. The van der Waals surface area contributed by atoms with E-state index >= 15 is 0 Å². The monoisotopic (exact) mass is 220 g/mol. The predicted molar refractivity (Wildman–Crippen MR) is 68.2 cm³/mol. The molecule has 1 atom stereocenters. The van der Waals surface area contributed by atoms with E-state index in [9.17, 15) is 0 Å². The van der Waals surface area contributed by atoms with Crippen LogP contribution >= 0.6 is 0 Å². The number of hydrogen-bond donors (Lipinski definition) is 1. The third-order valence-electron chi connectivity index (χ3n) is 3.18. The first-order chi connectivity index (χ1) is 7.72. The summed E-state index contributed by atoms with van der Waals surface area (Å²) in [4.78, 5) is 4.66. The molecule has 3 heteroatoms. The van der Waals surface area contributed by atoms with Crippen LogP contribution < -0.4 is 9.80 Å². The van der Waals surface area contributed by atoms with E-state index in [1.165, 1.54) is 11.4 Å². The first-order valence-corrected chi connectivity index (χ1v) is 5.88. The Kier molecular flexibility index (Phi) is 3.34. The van der Waals surface area contributed by atoms with Gasteiger partial charge in [0, 0.05) is 33.3 Å². The number of fused-ring (bicyclic) bond motifs is 1. The fraction of sp³-hybridized carbons (Fsp3) is 0.538. The summed E-state index contributed by atoms with van der Waals surface area (Å²) >= 11 is 0. The van der Waals surface area contributed by atoms with Crippen molar-refractivity contribution in [3.8, 4) is 0 Å². The molecule has 1 aliphatic heterocycles. The molecule has 1 unspecified atom stereocenters. The Balaban J connectivity index is 2.21. The molecule has 1 aromatic rings. The summed E-state index contributed by atoms with van der Waals surface area (Å²) in [6.07, 6.45) is 0. The number of likely N-dealkylation sites (N-methyl/N-ethyl adjacent to an activating group) is 1. The van der Waals surface area contributed by atoms with Crippen molar-refractivity contribution in [1.29, 1.82) is 0 Å². The minimum Gasteiger partial charge on any atom is -0.396 e. The molecular weight excluding hydrogens is 200 g/mol. The third kappa shape index (κ3) is 2.14. The summed E-state index contributed by atoms with van der Waals surface area (Å²) in [7, 11) is 2.13. The first kappa shape index (κ1) is 11.3. The number of nitrogens with zero attached hydrogens (tertiary/aromatic N) is 2. The van der Waals surface area contributed by atoms with E-state index in [1.54, 1.807) is 0 Å². The van der Waals surface area contributed by atoms with Gasteiger partial charge in [-0.15, -0.1) is 0 Å². The van der Waals surface area contributed by atoms with Crippen LogP contribution in [0.3, 0.4) is 0 Å². The van der Waals surface area contributed by atoms with Crippen molar-refractivity contribution in [2.24, 2.45) is 5.92 Å². The summed E-state index contributed by atoms with van der Waals surface area (Å²) in [6, 6.07) is 8.48. The van der Waals surface area contributed by atoms with E-state index in [4.69, 9.17) is 5.11 Å². The maximum Gasteiger partial charge on any atom is 0.0604 e. The standard InChI is InChI=1S/C13H20N2O/c1-11(10-16)9-15-8-7-14(2)12-5-3-4-6-13(12)15/h3-6,11,16H,7-10H2,1-2H3. The van der Waals surface area contributed by atoms with E-state index in [1.807, 2.05) is 0 Å². The largest absolute Gasteiger partial charge is 0.396 e. The Morgan fingerprint density at radius 3 is 2.62 bits per heavy atom. The minimum absolute atomic E-state index is 0.258. The normalized spacial score (nSPS) is 17.2. The molecule has 0 radical (unpaired) electrons. The van der Waals surface area contributed by atoms with Crippen LogP contribution in [0.2, 0.25) is 0 Å². The summed E-state index contributed by atoms with van der Waals surface area (Å²) < 4.78 is 0. The van der Waals surface area contributed by atoms with Gasteiger partial charge in [0.1, 0.15) is 0 Å². The molecule has 3 nitrogen and oxygen atoms in total. The molecule has 1 N–H and O–H groups in total. The summed E-state index contributed by atoms with van der Waals surface area (Å²) in [5, 5.41) is 9.13. The van der Waals surface area contributed by atoms with Crippen LogP contribution in [-0.2, 0) is 0 Å². The second-order valence-electron chi connectivity index (χ2n) is 4.64. The third-order valence-corrected chi connectivity index (χ3v) is 3.18. The van der Waals surface area contributed by atoms with Gasteiger partial charge in [0.25, 0.3) is 0 Å². The molecule has 1 aromatic carbocycles. The lowest BCUT2D eigenvalue weighted by atomic mass is 10.1. The van der Waals surface area contributed by atoms with Gasteiger partial charge in [-0.25, -0.2) is 0 Å². The number of aliphatic hydroxyl groups is 1. The molecule has 0 saturated heterocycles. The Hall–Kier alpha value is -1.22. The quantitative estimate of drug-likeness (QED) is 0.837. The number of para-hydroxylation sites is 2. The molecule has 16 heavy (non-hydrogen) atoms. The van der Waals surface area contributed by atoms with E-state index in [0.29, 0.717) is 5.92 Å². The minimum atomic E-state index is 0.258. The van der Waals surface area contributed by atoms with Gasteiger partial charge >= 0.3 is 0 Å². The fourth-order valence-corrected chi connectivity index (χ4v) is 2.19. The highest BCUT2D eigenvalue weighted by Gasteiger charge is 2.20. The molecule has 1 aliphatic rings. The number of aliphatic hydroxyl groups excluding tert-OH is 1. The van der Waals surface area contributed by atoms with Gasteiger partial charge in [-0.2, -0.15) is 0 Å². The molecule has 0 spiro atoms. The summed E-state index contributed by atoms with van der Waals surface area (Å²) in [5.74, 6) is 0.330. The van der Waals surface area contributed by atoms with Gasteiger partial charge in [-0.05, 0) is 18.1 Å². The highest BCUT2D eigenvalue weighted by atomic mass is 16.3. The number of rotatable bonds is 3. The molecular formula is C13H20N2O. The van der Waals surface area contributed by atoms with Crippen molar-refractivity contribution in [3.63, 3.8) is 0 Å². The van der Waals surface area contributed by atoms with Crippen LogP contribution in [0.15, 0.2) is 24.3 Å². The molecule has 0 bridgehead atoms. The molecule has 2 rings (SSSR count). The number of hydrogen-bond acceptors (Lipinski definition) is 3. The Labute approximate surface area is 97.3 Å². The second kappa shape index (κ2) is 4.74. The molecule has 0 saturated carbocycles. The average molecular weight is 220 g/mol. The highest BCUT2D eigenvalue weighted by Crippen LogP contribution is 2.31. The average Bonchev–Trinajstić information content (AvgIpc) is 2.33. The predicted octanol–water partition coefficient (Wildman–Crippen LogP) is 1.57. The van der Waals surface area contributed by atoms with Crippen LogP contribution in [-0.4, -0.2) is 38.4 Å². The number of benzene rings is 1.